The molecule has 2 aliphatic carbocycles. The monoisotopic (exact) mass is 476 g/mol. The van der Waals surface area contributed by atoms with Crippen LogP contribution in [0.4, 0.5) is 4.79 Å². The Morgan fingerprint density at radius 2 is 1.66 bits per heavy atom. The van der Waals surface area contributed by atoms with Crippen LogP contribution >= 0.6 is 0 Å². The van der Waals surface area contributed by atoms with E-state index in [0.29, 0.717) is 19.3 Å². The first-order chi connectivity index (χ1) is 17.0. The van der Waals surface area contributed by atoms with Crippen LogP contribution in [-0.4, -0.2) is 41.8 Å². The van der Waals surface area contributed by atoms with Crippen LogP contribution in [0.25, 0.3) is 11.1 Å². The highest BCUT2D eigenvalue weighted by Crippen LogP contribution is 2.44. The molecule has 184 valence electrons. The summed E-state index contributed by atoms with van der Waals surface area (Å²) < 4.78 is 5.66. The number of carbonyl (C=O) groups is 3. The SMILES string of the molecule is C=CCCC(NC(=O)C1CCCCC1NC(=O)OCC1c2ccccc2-c2ccccc21)C(=O)O. The molecule has 2 aliphatic rings. The van der Waals surface area contributed by atoms with Gasteiger partial charge in [-0.05, 0) is 47.9 Å². The van der Waals surface area contributed by atoms with Crippen LogP contribution in [0.1, 0.15) is 55.6 Å². The van der Waals surface area contributed by atoms with E-state index < -0.39 is 30.1 Å². The molecule has 0 radical (unpaired) electrons. The Hall–Kier alpha value is -3.61. The van der Waals surface area contributed by atoms with Crippen molar-refractivity contribution in [1.82, 2.24) is 10.6 Å². The van der Waals surface area contributed by atoms with Crippen LogP contribution < -0.4 is 10.6 Å². The summed E-state index contributed by atoms with van der Waals surface area (Å²) in [6.45, 7) is 3.81. The first kappa shape index (κ1) is 24.5. The topological polar surface area (TPSA) is 105 Å². The maximum Gasteiger partial charge on any atom is 0.407 e. The van der Waals surface area contributed by atoms with Crippen molar-refractivity contribution in [2.24, 2.45) is 5.92 Å². The number of aliphatic carboxylic acids is 1. The minimum atomic E-state index is -1.07. The van der Waals surface area contributed by atoms with Gasteiger partial charge in [0.1, 0.15) is 12.6 Å². The van der Waals surface area contributed by atoms with Crippen LogP contribution in [0.5, 0.6) is 0 Å². The van der Waals surface area contributed by atoms with Gasteiger partial charge in [0, 0.05) is 12.0 Å². The minimum Gasteiger partial charge on any atom is -0.480 e. The lowest BCUT2D eigenvalue weighted by Gasteiger charge is -2.31. The number of carbonyl (C=O) groups excluding carboxylic acids is 2. The van der Waals surface area contributed by atoms with Crippen LogP contribution in [0.3, 0.4) is 0 Å². The predicted molar refractivity (Wildman–Crippen MR) is 133 cm³/mol. The van der Waals surface area contributed by atoms with E-state index in [2.05, 4.69) is 41.5 Å². The van der Waals surface area contributed by atoms with Gasteiger partial charge >= 0.3 is 12.1 Å². The molecular formula is C28H32N2O5. The van der Waals surface area contributed by atoms with E-state index in [1.807, 2.05) is 24.3 Å². The predicted octanol–water partition coefficient (Wildman–Crippen LogP) is 4.62. The van der Waals surface area contributed by atoms with E-state index >= 15 is 0 Å². The average molecular weight is 477 g/mol. The van der Waals surface area contributed by atoms with Gasteiger partial charge in [-0.2, -0.15) is 0 Å². The molecule has 2 amide bonds. The molecule has 0 aliphatic heterocycles. The van der Waals surface area contributed by atoms with E-state index in [1.165, 1.54) is 0 Å². The highest BCUT2D eigenvalue weighted by molar-refractivity contribution is 5.86. The van der Waals surface area contributed by atoms with Crippen LogP contribution in [0, 0.1) is 5.92 Å². The van der Waals surface area contributed by atoms with Crippen LogP contribution in [0.15, 0.2) is 61.2 Å². The van der Waals surface area contributed by atoms with E-state index in [1.54, 1.807) is 6.08 Å². The summed E-state index contributed by atoms with van der Waals surface area (Å²) in [7, 11) is 0. The molecule has 3 unspecified atom stereocenters. The molecule has 1 fully saturated rings. The van der Waals surface area contributed by atoms with Crippen LogP contribution in [0.2, 0.25) is 0 Å². The highest BCUT2D eigenvalue weighted by atomic mass is 16.5. The molecule has 2 aromatic rings. The maximum atomic E-state index is 12.9. The summed E-state index contributed by atoms with van der Waals surface area (Å²) in [6.07, 6.45) is 4.82. The molecular weight excluding hydrogens is 444 g/mol. The van der Waals surface area contributed by atoms with Crippen molar-refractivity contribution < 1.29 is 24.2 Å². The Balaban J connectivity index is 1.38. The van der Waals surface area contributed by atoms with Crippen molar-refractivity contribution in [3.05, 3.63) is 72.3 Å². The molecule has 0 heterocycles. The molecule has 7 nitrogen and oxygen atoms in total. The number of alkyl carbamates (subject to hydrolysis) is 1. The normalized spacial score (nSPS) is 19.7. The first-order valence-electron chi connectivity index (χ1n) is 12.2. The number of hydrogen-bond donors (Lipinski definition) is 3. The van der Waals surface area contributed by atoms with Crippen molar-refractivity contribution in [2.45, 2.75) is 56.5 Å². The Bertz CT molecular complexity index is 1050. The summed E-state index contributed by atoms with van der Waals surface area (Å²) in [5.41, 5.74) is 4.59. The number of nitrogens with one attached hydrogen (secondary N) is 2. The molecule has 2 aromatic carbocycles. The number of ether oxygens (including phenoxy) is 1. The van der Waals surface area contributed by atoms with Crippen molar-refractivity contribution in [3.63, 3.8) is 0 Å². The second kappa shape index (κ2) is 11.2. The van der Waals surface area contributed by atoms with Crippen molar-refractivity contribution in [3.8, 4) is 11.1 Å². The second-order valence-corrected chi connectivity index (χ2v) is 9.23. The third kappa shape index (κ3) is 5.56. The summed E-state index contributed by atoms with van der Waals surface area (Å²) >= 11 is 0. The van der Waals surface area contributed by atoms with Crippen molar-refractivity contribution >= 4 is 18.0 Å². The Labute approximate surface area is 205 Å². The van der Waals surface area contributed by atoms with E-state index in [-0.39, 0.29) is 24.9 Å². The smallest absolute Gasteiger partial charge is 0.407 e. The zero-order valence-corrected chi connectivity index (χ0v) is 19.7. The Morgan fingerprint density at radius 1 is 1.03 bits per heavy atom. The summed E-state index contributed by atoms with van der Waals surface area (Å²) in [4.78, 5) is 37.2. The number of carboxylic acid groups (broad SMARTS) is 1. The maximum absolute atomic E-state index is 12.9. The molecule has 1 saturated carbocycles. The number of hydrogen-bond acceptors (Lipinski definition) is 4. The van der Waals surface area contributed by atoms with Gasteiger partial charge in [0.25, 0.3) is 0 Å². The largest absolute Gasteiger partial charge is 0.480 e. The van der Waals surface area contributed by atoms with Gasteiger partial charge in [0.05, 0.1) is 5.92 Å². The molecule has 0 spiro atoms. The molecule has 0 aromatic heterocycles. The van der Waals surface area contributed by atoms with E-state index in [9.17, 15) is 19.5 Å². The Morgan fingerprint density at radius 3 is 2.29 bits per heavy atom. The fourth-order valence-electron chi connectivity index (χ4n) is 5.23. The lowest BCUT2D eigenvalue weighted by atomic mass is 9.83. The number of carboxylic acids is 1. The third-order valence-electron chi connectivity index (χ3n) is 7.02. The molecule has 0 saturated heterocycles. The number of benzene rings is 2. The Kier molecular flexibility index (Phi) is 7.85. The quantitative estimate of drug-likeness (QED) is 0.458. The van der Waals surface area contributed by atoms with Gasteiger partial charge in [0.2, 0.25) is 5.91 Å². The van der Waals surface area contributed by atoms with Gasteiger partial charge in [-0.15, -0.1) is 6.58 Å². The van der Waals surface area contributed by atoms with E-state index in [4.69, 9.17) is 4.74 Å². The van der Waals surface area contributed by atoms with Crippen molar-refractivity contribution in [1.29, 1.82) is 0 Å². The minimum absolute atomic E-state index is 0.0419. The third-order valence-corrected chi connectivity index (χ3v) is 7.02. The summed E-state index contributed by atoms with van der Waals surface area (Å²) in [6, 6.07) is 14.9. The number of rotatable bonds is 9. The van der Waals surface area contributed by atoms with Gasteiger partial charge in [-0.1, -0.05) is 67.4 Å². The molecule has 35 heavy (non-hydrogen) atoms. The number of fused-ring (bicyclic) bond motifs is 3. The van der Waals surface area contributed by atoms with Gasteiger partial charge in [0.15, 0.2) is 0 Å². The molecule has 3 atom stereocenters. The fourth-order valence-corrected chi connectivity index (χ4v) is 5.23. The number of amides is 2. The summed E-state index contributed by atoms with van der Waals surface area (Å²) in [5, 5.41) is 15.0. The molecule has 0 bridgehead atoms. The molecule has 7 heteroatoms. The lowest BCUT2D eigenvalue weighted by molar-refractivity contribution is -0.143. The first-order valence-corrected chi connectivity index (χ1v) is 12.2. The second-order valence-electron chi connectivity index (χ2n) is 9.23. The van der Waals surface area contributed by atoms with E-state index in [0.717, 1.165) is 35.1 Å². The van der Waals surface area contributed by atoms with Crippen LogP contribution in [-0.2, 0) is 14.3 Å². The standard InChI is InChI=1S/C28H32N2O5/c1-2-3-15-25(27(32)33)29-26(31)22-14-8-9-16-24(22)30-28(34)35-17-23-20-12-6-4-10-18(20)19-11-5-7-13-21(19)23/h2,4-7,10-13,22-25H,1,3,8-9,14-17H2,(H,29,31)(H,30,34)(H,32,33). The summed E-state index contributed by atoms with van der Waals surface area (Å²) in [5.74, 6) is -1.95. The molecule has 3 N–H and O–H groups in total. The zero-order chi connectivity index (χ0) is 24.8. The average Bonchev–Trinajstić information content (AvgIpc) is 3.19. The lowest BCUT2D eigenvalue weighted by Crippen LogP contribution is -2.51. The van der Waals surface area contributed by atoms with Gasteiger partial charge in [-0.3, -0.25) is 4.79 Å². The highest BCUT2D eigenvalue weighted by Gasteiger charge is 2.35. The molecule has 4 rings (SSSR count). The van der Waals surface area contributed by atoms with Gasteiger partial charge < -0.3 is 20.5 Å². The zero-order valence-electron chi connectivity index (χ0n) is 19.7. The van der Waals surface area contributed by atoms with Crippen molar-refractivity contribution in [2.75, 3.05) is 6.61 Å². The fraction of sp³-hybridized carbons (Fsp3) is 0.393. The number of allylic oxidation sites excluding steroid dienone is 1. The van der Waals surface area contributed by atoms with Gasteiger partial charge in [-0.25, -0.2) is 9.59 Å².